The summed E-state index contributed by atoms with van der Waals surface area (Å²) in [5.74, 6) is 3.17. The summed E-state index contributed by atoms with van der Waals surface area (Å²) in [6, 6.07) is 69.9. The van der Waals surface area contributed by atoms with E-state index < -0.39 is 24.4 Å². The first-order valence-corrected chi connectivity index (χ1v) is 47.0. The number of hydrogen-bond acceptors (Lipinski definition) is 19. The molecule has 14 aromatic heterocycles. The fourth-order valence-corrected chi connectivity index (χ4v) is 20.9. The van der Waals surface area contributed by atoms with Crippen molar-refractivity contribution < 1.29 is 25.2 Å². The molecule has 2 unspecified atom stereocenters. The molecule has 20 aromatic rings. The van der Waals surface area contributed by atoms with Gasteiger partial charge >= 0.3 is 0 Å². The van der Waals surface area contributed by atoms with E-state index in [4.69, 9.17) is 76.2 Å². The number of aliphatic hydroxyl groups excluding tert-OH is 4. The maximum Gasteiger partial charge on any atom is 0.222 e. The zero-order valence-corrected chi connectivity index (χ0v) is 78.6. The fourth-order valence-electron chi connectivity index (χ4n) is 14.4. The van der Waals surface area contributed by atoms with E-state index in [1.54, 1.807) is 187 Å². The van der Waals surface area contributed by atoms with Crippen LogP contribution in [0.2, 0.25) is 30.3 Å². The lowest BCUT2D eigenvalue weighted by Crippen LogP contribution is -2.07. The van der Waals surface area contributed by atoms with Gasteiger partial charge in [0.05, 0.1) is 31.6 Å². The van der Waals surface area contributed by atoms with Crippen molar-refractivity contribution in [1.29, 1.82) is 0 Å². The van der Waals surface area contributed by atoms with Crippen LogP contribution in [0.5, 0.6) is 0 Å². The zero-order valence-electron chi connectivity index (χ0n) is 69.9. The summed E-state index contributed by atoms with van der Waals surface area (Å²) in [5.41, 5.74) is 16.2. The Kier molecular flexibility index (Phi) is 30.2. The van der Waals surface area contributed by atoms with Gasteiger partial charge in [0.1, 0.15) is 58.7 Å². The number of aliphatic hydroxyl groups is 4. The predicted molar refractivity (Wildman–Crippen MR) is 537 cm³/mol. The minimum Gasteiger partial charge on any atom is -0.384 e. The Balaban J connectivity index is 0.000000121. The van der Waals surface area contributed by atoms with E-state index in [9.17, 15) is 25.2 Å². The molecule has 656 valence electrons. The number of benzene rings is 6. The number of amides is 1. The molecule has 0 aliphatic rings. The fraction of sp³-hybridized carbons (Fsp3) is 0.0792. The van der Waals surface area contributed by atoms with E-state index >= 15 is 0 Å². The molecule has 0 aliphatic carbocycles. The topological polar surface area (TPSA) is 294 Å². The molecule has 0 fully saturated rings. The highest BCUT2D eigenvalue weighted by atomic mass is 35.5. The Morgan fingerprint density at radius 1 is 0.394 bits per heavy atom. The monoisotopic (exact) mass is 1950 g/mol. The van der Waals surface area contributed by atoms with Crippen LogP contribution in [0.1, 0.15) is 97.5 Å². The van der Waals surface area contributed by atoms with Crippen LogP contribution >= 0.6 is 126 Å². The van der Waals surface area contributed by atoms with Gasteiger partial charge in [0.15, 0.2) is 0 Å². The van der Waals surface area contributed by atoms with Gasteiger partial charge in [0.25, 0.3) is 0 Å². The van der Waals surface area contributed by atoms with Crippen LogP contribution in [0, 0.1) is 20.4 Å². The number of rotatable bonds is 20. The first kappa shape index (κ1) is 92.5. The number of imidazole rings is 4. The predicted octanol–water partition coefficient (Wildman–Crippen LogP) is 27.7. The smallest absolute Gasteiger partial charge is 0.222 e. The molecule has 0 spiro atoms. The molecular formula is C101H75Cl6N15O5S5. The first-order valence-electron chi connectivity index (χ1n) is 40.7. The molecule has 1 amide bonds. The highest BCUT2D eigenvalue weighted by molar-refractivity contribution is 7.20. The maximum atomic E-state index is 11.3. The number of anilines is 1. The number of nitrogens with zero attached hydrogens (tertiary/aromatic N) is 10. The van der Waals surface area contributed by atoms with Gasteiger partial charge in [-0.3, -0.25) is 19.7 Å². The van der Waals surface area contributed by atoms with E-state index in [0.29, 0.717) is 42.7 Å². The lowest BCUT2D eigenvalue weighted by atomic mass is 10.00. The number of hydrogen-bond donors (Lipinski definition) is 9. The third-order valence-electron chi connectivity index (χ3n) is 20.8. The molecule has 31 heteroatoms. The Bertz CT molecular complexity index is 7150. The van der Waals surface area contributed by atoms with Gasteiger partial charge < -0.3 is 45.7 Å². The van der Waals surface area contributed by atoms with Crippen LogP contribution in [0.25, 0.3) is 111 Å². The highest BCUT2D eigenvalue weighted by Crippen LogP contribution is 2.49. The second-order valence-electron chi connectivity index (χ2n) is 29.7. The van der Waals surface area contributed by atoms with Crippen LogP contribution in [-0.2, 0) is 11.2 Å². The first-order chi connectivity index (χ1) is 64.1. The summed E-state index contributed by atoms with van der Waals surface area (Å²) in [6.07, 6.45) is 21.9. The Morgan fingerprint density at radius 2 is 0.773 bits per heavy atom. The summed E-state index contributed by atoms with van der Waals surface area (Å²) in [6.45, 7) is 13.1. The average molecular weight is 1950 g/mol. The van der Waals surface area contributed by atoms with Crippen LogP contribution in [0.4, 0.5) is 11.5 Å². The number of aromatic amines is 4. The quantitative estimate of drug-likeness (QED) is 0.0253. The van der Waals surface area contributed by atoms with Gasteiger partial charge in [0.2, 0.25) is 11.6 Å². The molecule has 20 rings (SSSR count). The van der Waals surface area contributed by atoms with Gasteiger partial charge in [-0.15, -0.1) is 45.3 Å². The Morgan fingerprint density at radius 3 is 1.18 bits per heavy atom. The third-order valence-corrected chi connectivity index (χ3v) is 28.3. The van der Waals surface area contributed by atoms with Crippen molar-refractivity contribution in [3.63, 3.8) is 0 Å². The maximum absolute atomic E-state index is 11.3. The highest BCUT2D eigenvalue weighted by Gasteiger charge is 2.28. The van der Waals surface area contributed by atoms with Crippen molar-refractivity contribution in [3.05, 3.63) is 419 Å². The number of thiophene rings is 5. The Hall–Kier alpha value is -12.8. The number of carbonyl (C=O) groups excluding carboxylic acids is 1. The van der Waals surface area contributed by atoms with Crippen LogP contribution in [0.15, 0.2) is 311 Å². The van der Waals surface area contributed by atoms with E-state index in [-0.39, 0.29) is 5.91 Å². The number of halogens is 6. The standard InChI is InChI=1S/C23H16ClN3OS.C21H17ClN4O2S.C20H16ClN3OS.C19H13Cl2N3OS.C18H13ClN2S/c24-15-7-5-14(6-8-15)21(28)18-13-20(29-22(18)23-26-11-12-27-23)17-9-10-25-19-4-2-1-3-16(17)19;1-12(27)26-18-10-14(6-7-23-18)17-11-16(20(29-17)21-24-8-9-25-21)19(28)13-2-4-15(22)5-3-13;1-12-10-14(6-7-22-12)17-11-16(19(26-17)20-23-8-9-24-20)18(25)13-2-4-15(21)5-3-13;20-13-3-1-11(2-4-13)17(25)14-10-15(12-5-6-22-16(21)9-12)26-18(14)19-23-7-8-24-19;1-12-16(11-13-3-5-15(19)6-4-13)17(20-2)18(22-12)14-7-9-21-10-8-14/h1-13,21,28H,(H,26,27);2-11,19,28H,1H3,(H,24,25)(H,23,26,27);2-11,18,25H,1H3,(H,23,24);1-10,17,25H,(H,23,24);3-10H,11H2,1H3/t;;18-;17-;/m..10./s1. The zero-order chi connectivity index (χ0) is 91.9. The van der Waals surface area contributed by atoms with Gasteiger partial charge in [-0.05, 0) is 226 Å². The summed E-state index contributed by atoms with van der Waals surface area (Å²) >= 11 is 43.8. The van der Waals surface area contributed by atoms with Crippen LogP contribution in [-0.4, -0.2) is 91.1 Å². The molecule has 0 saturated carbocycles. The van der Waals surface area contributed by atoms with Crippen molar-refractivity contribution in [2.75, 3.05) is 5.32 Å². The van der Waals surface area contributed by atoms with Gasteiger partial charge in [-0.25, -0.2) is 34.7 Å². The average Bonchev–Trinajstić information content (AvgIpc) is 1.63. The minimum atomic E-state index is -0.839. The van der Waals surface area contributed by atoms with Gasteiger partial charge in [-0.2, -0.15) is 11.3 Å². The van der Waals surface area contributed by atoms with Crippen molar-refractivity contribution in [2.24, 2.45) is 0 Å². The van der Waals surface area contributed by atoms with Gasteiger partial charge in [-0.1, -0.05) is 148 Å². The van der Waals surface area contributed by atoms with E-state index in [0.717, 1.165) is 173 Å². The third kappa shape index (κ3) is 22.3. The largest absolute Gasteiger partial charge is 0.384 e. The second kappa shape index (κ2) is 43.1. The minimum absolute atomic E-state index is 0.184. The molecule has 4 atom stereocenters. The van der Waals surface area contributed by atoms with Crippen LogP contribution < -0.4 is 5.32 Å². The normalized spacial score (nSPS) is 11.9. The number of pyridine rings is 5. The molecule has 20 nitrogen and oxygen atoms in total. The molecule has 14 heterocycles. The molecule has 6 aromatic carbocycles. The van der Waals surface area contributed by atoms with Crippen molar-refractivity contribution >= 4 is 155 Å². The number of carbonyl (C=O) groups is 1. The number of H-pyrrole nitrogens is 4. The lowest BCUT2D eigenvalue weighted by Gasteiger charge is -2.11. The summed E-state index contributed by atoms with van der Waals surface area (Å²) in [4.78, 5) is 75.9. The van der Waals surface area contributed by atoms with Crippen molar-refractivity contribution in [1.82, 2.24) is 64.8 Å². The molecule has 132 heavy (non-hydrogen) atoms. The Labute approximate surface area is 808 Å². The second-order valence-corrected chi connectivity index (χ2v) is 37.7. The van der Waals surface area contributed by atoms with Crippen molar-refractivity contribution in [3.8, 4) is 95.0 Å². The number of fused-ring (bicyclic) bond motifs is 1. The van der Waals surface area contributed by atoms with E-state index in [1.165, 1.54) is 34.5 Å². The summed E-state index contributed by atoms with van der Waals surface area (Å²) in [7, 11) is 0. The molecule has 0 saturated heterocycles. The van der Waals surface area contributed by atoms with E-state index in [1.807, 2.05) is 159 Å². The number of aromatic nitrogens is 13. The molecule has 0 bridgehead atoms. The van der Waals surface area contributed by atoms with Gasteiger partial charge in [0, 0.05) is 182 Å². The molecule has 9 N–H and O–H groups in total. The summed E-state index contributed by atoms with van der Waals surface area (Å²) < 4.78 is 0. The summed E-state index contributed by atoms with van der Waals surface area (Å²) in [5, 5.41) is 51.6. The lowest BCUT2D eigenvalue weighted by molar-refractivity contribution is -0.114. The molecule has 0 radical (unpaired) electrons. The SMILES string of the molecule is CC(=O)Nc1cc(-c2cc(C(O)c3ccc(Cl)cc3)c(-c3ncc[nH]3)s2)ccn1.Cc1cc(-c2cc([C@H](O)c3ccc(Cl)cc3)c(-c3ncc[nH]3)s2)ccn1.OC(c1ccc(Cl)cc1)c1cc(-c2ccnc3ccccc23)sc1-c1ncc[nH]1.O[C@@H](c1ccc(Cl)cc1)c1cc(-c2ccnc(Cl)c2)sc1-c1ncc[nH]1.[C-]#[N+]c1c(-c2ccncc2)sc(C)c1Cc1ccc(Cl)cc1. The van der Waals surface area contributed by atoms with Crippen molar-refractivity contribution in [2.45, 2.75) is 51.6 Å². The molecule has 0 aliphatic heterocycles. The number of para-hydroxylation sites is 1. The molecular weight excluding hydrogens is 1880 g/mol. The van der Waals surface area contributed by atoms with E-state index in [2.05, 4.69) is 87.9 Å². The number of nitrogens with one attached hydrogen (secondary N) is 5. The number of aryl methyl sites for hydroxylation is 2. The van der Waals surface area contributed by atoms with Crippen LogP contribution in [0.3, 0.4) is 0 Å².